The number of aromatic nitrogens is 3. The van der Waals surface area contributed by atoms with Crippen molar-refractivity contribution in [1.82, 2.24) is 20.1 Å². The van der Waals surface area contributed by atoms with E-state index in [1.54, 1.807) is 6.92 Å². The lowest BCUT2D eigenvalue weighted by molar-refractivity contribution is -0.131. The Morgan fingerprint density at radius 1 is 1.14 bits per heavy atom. The maximum absolute atomic E-state index is 12.8. The van der Waals surface area contributed by atoms with Crippen LogP contribution in [0.2, 0.25) is 0 Å². The fourth-order valence-electron chi connectivity index (χ4n) is 3.60. The predicted octanol–water partition coefficient (Wildman–Crippen LogP) is 3.60. The second-order valence-corrected chi connectivity index (χ2v) is 7.38. The minimum atomic E-state index is 0.0763. The van der Waals surface area contributed by atoms with E-state index in [0.717, 1.165) is 24.0 Å². The van der Waals surface area contributed by atoms with Crippen LogP contribution in [0.15, 0.2) is 33.1 Å². The zero-order chi connectivity index (χ0) is 19.7. The zero-order valence-corrected chi connectivity index (χ0v) is 16.4. The summed E-state index contributed by atoms with van der Waals surface area (Å²) in [6.07, 6.45) is 1.92. The third kappa shape index (κ3) is 3.83. The Hall–Kier alpha value is -2.96. The van der Waals surface area contributed by atoms with Gasteiger partial charge in [-0.15, -0.1) is 10.2 Å². The molecule has 1 aliphatic rings. The van der Waals surface area contributed by atoms with E-state index in [0.29, 0.717) is 42.2 Å². The minimum Gasteiger partial charge on any atom is -0.441 e. The van der Waals surface area contributed by atoms with Gasteiger partial charge in [0.15, 0.2) is 0 Å². The van der Waals surface area contributed by atoms with E-state index in [1.165, 1.54) is 0 Å². The molecule has 3 heterocycles. The van der Waals surface area contributed by atoms with Gasteiger partial charge in [-0.25, -0.2) is 4.98 Å². The van der Waals surface area contributed by atoms with Gasteiger partial charge in [-0.2, -0.15) is 0 Å². The first-order valence-corrected chi connectivity index (χ1v) is 9.60. The molecule has 3 aromatic rings. The number of aryl methyl sites for hydroxylation is 3. The van der Waals surface area contributed by atoms with Gasteiger partial charge in [0, 0.05) is 31.5 Å². The van der Waals surface area contributed by atoms with Gasteiger partial charge in [0.1, 0.15) is 5.76 Å². The Bertz CT molecular complexity index is 983. The summed E-state index contributed by atoms with van der Waals surface area (Å²) in [4.78, 5) is 19.2. The number of hydrogen-bond donors (Lipinski definition) is 0. The lowest BCUT2D eigenvalue weighted by atomic mass is 9.96. The largest absolute Gasteiger partial charge is 0.441 e. The average Bonchev–Trinajstić information content (AvgIpc) is 3.28. The lowest BCUT2D eigenvalue weighted by Gasteiger charge is -2.30. The second-order valence-electron chi connectivity index (χ2n) is 7.38. The summed E-state index contributed by atoms with van der Waals surface area (Å²) in [6.45, 7) is 7.06. The van der Waals surface area contributed by atoms with Crippen molar-refractivity contribution in [2.75, 3.05) is 13.1 Å². The van der Waals surface area contributed by atoms with Gasteiger partial charge in [0.2, 0.25) is 23.6 Å². The number of rotatable bonds is 4. The van der Waals surface area contributed by atoms with E-state index in [-0.39, 0.29) is 18.2 Å². The molecule has 146 valence electrons. The summed E-state index contributed by atoms with van der Waals surface area (Å²) in [5.74, 6) is 2.83. The molecule has 0 bridgehead atoms. The molecular weight excluding hydrogens is 356 g/mol. The number of nitrogens with zero attached hydrogens (tertiary/aromatic N) is 4. The molecule has 0 saturated carbocycles. The number of likely N-dealkylation sites (tertiary alicyclic amines) is 1. The van der Waals surface area contributed by atoms with Crippen molar-refractivity contribution in [3.63, 3.8) is 0 Å². The summed E-state index contributed by atoms with van der Waals surface area (Å²) in [6, 6.07) is 8.00. The maximum atomic E-state index is 12.8. The molecular formula is C21H24N4O3. The highest BCUT2D eigenvalue weighted by Crippen LogP contribution is 2.28. The predicted molar refractivity (Wildman–Crippen MR) is 103 cm³/mol. The minimum absolute atomic E-state index is 0.0763. The molecule has 7 heteroatoms. The summed E-state index contributed by atoms with van der Waals surface area (Å²) < 4.78 is 11.3. The monoisotopic (exact) mass is 380 g/mol. The van der Waals surface area contributed by atoms with Crippen LogP contribution in [-0.2, 0) is 11.2 Å². The van der Waals surface area contributed by atoms with Gasteiger partial charge in [0.25, 0.3) is 0 Å². The van der Waals surface area contributed by atoms with Gasteiger partial charge in [-0.05, 0) is 38.8 Å². The fraction of sp³-hybridized carbons (Fsp3) is 0.429. The molecule has 1 fully saturated rings. The smallest absolute Gasteiger partial charge is 0.228 e. The zero-order valence-electron chi connectivity index (χ0n) is 16.4. The van der Waals surface area contributed by atoms with Crippen molar-refractivity contribution in [3.05, 3.63) is 53.1 Å². The molecule has 0 radical (unpaired) electrons. The van der Waals surface area contributed by atoms with Crippen LogP contribution in [0.1, 0.15) is 47.6 Å². The van der Waals surface area contributed by atoms with Crippen LogP contribution in [0.4, 0.5) is 0 Å². The third-order valence-corrected chi connectivity index (χ3v) is 5.21. The number of oxazole rings is 1. The number of amides is 1. The van der Waals surface area contributed by atoms with Crippen molar-refractivity contribution in [2.45, 2.75) is 46.0 Å². The Morgan fingerprint density at radius 2 is 1.93 bits per heavy atom. The molecule has 0 spiro atoms. The highest BCUT2D eigenvalue weighted by atomic mass is 16.4. The molecule has 0 atom stereocenters. The molecule has 28 heavy (non-hydrogen) atoms. The second kappa shape index (κ2) is 7.58. The molecule has 1 aliphatic heterocycles. The molecule has 0 aliphatic carbocycles. The Morgan fingerprint density at radius 3 is 2.61 bits per heavy atom. The number of benzene rings is 1. The summed E-state index contributed by atoms with van der Waals surface area (Å²) in [5, 5.41) is 8.01. The Balaban J connectivity index is 1.39. The van der Waals surface area contributed by atoms with E-state index < -0.39 is 0 Å². The van der Waals surface area contributed by atoms with Gasteiger partial charge in [-0.3, -0.25) is 4.79 Å². The van der Waals surface area contributed by atoms with Gasteiger partial charge < -0.3 is 13.7 Å². The average molecular weight is 380 g/mol. The van der Waals surface area contributed by atoms with E-state index in [1.807, 2.05) is 43.0 Å². The molecule has 1 saturated heterocycles. The summed E-state index contributed by atoms with van der Waals surface area (Å²) in [5.41, 5.74) is 2.78. The lowest BCUT2D eigenvalue weighted by Crippen LogP contribution is -2.39. The molecule has 4 rings (SSSR count). The molecule has 1 amide bonds. The van der Waals surface area contributed by atoms with Crippen molar-refractivity contribution >= 4 is 5.91 Å². The summed E-state index contributed by atoms with van der Waals surface area (Å²) in [7, 11) is 0. The van der Waals surface area contributed by atoms with E-state index in [9.17, 15) is 4.79 Å². The third-order valence-electron chi connectivity index (χ3n) is 5.21. The molecule has 7 nitrogen and oxygen atoms in total. The van der Waals surface area contributed by atoms with Gasteiger partial charge in [-0.1, -0.05) is 17.7 Å². The van der Waals surface area contributed by atoms with Gasteiger partial charge in [0.05, 0.1) is 12.1 Å². The highest BCUT2D eigenvalue weighted by Gasteiger charge is 2.28. The number of hydrogen-bond acceptors (Lipinski definition) is 6. The quantitative estimate of drug-likeness (QED) is 0.687. The fourth-order valence-corrected chi connectivity index (χ4v) is 3.60. The van der Waals surface area contributed by atoms with Crippen LogP contribution in [-0.4, -0.2) is 39.1 Å². The van der Waals surface area contributed by atoms with Crippen LogP contribution >= 0.6 is 0 Å². The Labute approximate surface area is 163 Å². The van der Waals surface area contributed by atoms with Crippen LogP contribution in [0.25, 0.3) is 11.5 Å². The maximum Gasteiger partial charge on any atom is 0.228 e. The van der Waals surface area contributed by atoms with Crippen LogP contribution < -0.4 is 0 Å². The van der Waals surface area contributed by atoms with Crippen molar-refractivity contribution in [3.8, 4) is 11.5 Å². The standard InChI is InChI=1S/C21H24N4O3/c1-13-5-4-6-17(11-13)20-22-18(14(2)27-20)12-19(26)25-9-7-16(8-10-25)21-24-23-15(3)28-21/h4-6,11,16H,7-10,12H2,1-3H3. The van der Waals surface area contributed by atoms with Crippen LogP contribution in [0, 0.1) is 20.8 Å². The number of carbonyl (C=O) groups is 1. The highest BCUT2D eigenvalue weighted by molar-refractivity contribution is 5.78. The Kier molecular flexibility index (Phi) is 4.98. The number of carbonyl (C=O) groups excluding carboxylic acids is 1. The first kappa shape index (κ1) is 18.4. The molecule has 2 aromatic heterocycles. The molecule has 1 aromatic carbocycles. The van der Waals surface area contributed by atoms with E-state index >= 15 is 0 Å². The van der Waals surface area contributed by atoms with Crippen LogP contribution in [0.3, 0.4) is 0 Å². The number of piperidine rings is 1. The first-order chi connectivity index (χ1) is 13.5. The first-order valence-electron chi connectivity index (χ1n) is 9.60. The molecule has 0 unspecified atom stereocenters. The van der Waals surface area contributed by atoms with Crippen molar-refractivity contribution in [2.24, 2.45) is 0 Å². The van der Waals surface area contributed by atoms with Crippen molar-refractivity contribution in [1.29, 1.82) is 0 Å². The molecule has 0 N–H and O–H groups in total. The van der Waals surface area contributed by atoms with E-state index in [4.69, 9.17) is 8.83 Å². The topological polar surface area (TPSA) is 85.3 Å². The van der Waals surface area contributed by atoms with Crippen LogP contribution in [0.5, 0.6) is 0 Å². The SMILES string of the molecule is Cc1cccc(-c2nc(CC(=O)N3CCC(c4nnc(C)o4)CC3)c(C)o2)c1. The van der Waals surface area contributed by atoms with Gasteiger partial charge >= 0.3 is 0 Å². The van der Waals surface area contributed by atoms with E-state index in [2.05, 4.69) is 15.2 Å². The normalized spacial score (nSPS) is 15.2. The van der Waals surface area contributed by atoms with Crippen molar-refractivity contribution < 1.29 is 13.6 Å². The summed E-state index contributed by atoms with van der Waals surface area (Å²) >= 11 is 0.